The minimum Gasteiger partial charge on any atom is -0.508 e. The van der Waals surface area contributed by atoms with Crippen molar-refractivity contribution >= 4 is 5.97 Å². The van der Waals surface area contributed by atoms with Gasteiger partial charge in [0.2, 0.25) is 0 Å². The molecule has 1 atom stereocenters. The van der Waals surface area contributed by atoms with Crippen LogP contribution in [-0.4, -0.2) is 21.8 Å². The number of carboxylic acids is 1. The van der Waals surface area contributed by atoms with Crippen LogP contribution in [0.4, 0.5) is 0 Å². The second-order valence-electron chi connectivity index (χ2n) is 5.20. The number of fused-ring (bicyclic) bond motifs is 1. The Morgan fingerprint density at radius 1 is 1.50 bits per heavy atom. The highest BCUT2D eigenvalue weighted by Crippen LogP contribution is 2.39. The molecular formula is C14H18O4. The third-order valence-electron chi connectivity index (χ3n) is 3.48. The number of aliphatic carboxylic acids is 1. The van der Waals surface area contributed by atoms with E-state index < -0.39 is 11.6 Å². The molecule has 1 aromatic carbocycles. The Balaban J connectivity index is 2.21. The van der Waals surface area contributed by atoms with Gasteiger partial charge in [-0.25, -0.2) is 0 Å². The molecule has 0 saturated carbocycles. The number of aromatic hydroxyl groups is 1. The van der Waals surface area contributed by atoms with E-state index in [2.05, 4.69) is 0 Å². The Morgan fingerprint density at radius 3 is 2.89 bits per heavy atom. The van der Waals surface area contributed by atoms with Crippen molar-refractivity contribution in [1.29, 1.82) is 0 Å². The Bertz CT molecular complexity index is 481. The van der Waals surface area contributed by atoms with E-state index in [1.807, 2.05) is 13.8 Å². The monoisotopic (exact) mass is 250 g/mol. The third kappa shape index (κ3) is 2.58. The van der Waals surface area contributed by atoms with Crippen LogP contribution < -0.4 is 4.74 Å². The first-order valence-electron chi connectivity index (χ1n) is 6.13. The Morgan fingerprint density at radius 2 is 2.22 bits per heavy atom. The molecule has 18 heavy (non-hydrogen) atoms. The molecule has 0 bridgehead atoms. The summed E-state index contributed by atoms with van der Waals surface area (Å²) in [6.45, 7) is 3.84. The van der Waals surface area contributed by atoms with E-state index in [0.717, 1.165) is 29.7 Å². The van der Waals surface area contributed by atoms with Crippen LogP contribution in [0.25, 0.3) is 0 Å². The molecule has 0 saturated heterocycles. The van der Waals surface area contributed by atoms with Crippen molar-refractivity contribution in [2.24, 2.45) is 0 Å². The van der Waals surface area contributed by atoms with Crippen molar-refractivity contribution in [2.75, 3.05) is 0 Å². The molecule has 2 rings (SSSR count). The fourth-order valence-corrected chi connectivity index (χ4v) is 2.40. The molecule has 2 N–H and O–H groups in total. The van der Waals surface area contributed by atoms with Gasteiger partial charge in [0.15, 0.2) is 0 Å². The SMILES string of the molecule is Cc1cc(O)cc2c1OC(C)(CCC(=O)O)CC2. The highest BCUT2D eigenvalue weighted by atomic mass is 16.5. The van der Waals surface area contributed by atoms with Crippen molar-refractivity contribution in [1.82, 2.24) is 0 Å². The number of carbonyl (C=O) groups is 1. The number of rotatable bonds is 3. The van der Waals surface area contributed by atoms with Gasteiger partial charge in [-0.2, -0.15) is 0 Å². The average molecular weight is 250 g/mol. The highest BCUT2D eigenvalue weighted by Gasteiger charge is 2.32. The molecule has 4 heteroatoms. The number of phenols is 1. The van der Waals surface area contributed by atoms with Gasteiger partial charge in [0.05, 0.1) is 0 Å². The van der Waals surface area contributed by atoms with Crippen LogP contribution in [0, 0.1) is 6.92 Å². The van der Waals surface area contributed by atoms with E-state index in [1.165, 1.54) is 0 Å². The van der Waals surface area contributed by atoms with Crippen molar-refractivity contribution in [3.63, 3.8) is 0 Å². The van der Waals surface area contributed by atoms with E-state index in [9.17, 15) is 9.90 Å². The van der Waals surface area contributed by atoms with Gasteiger partial charge in [-0.05, 0) is 56.4 Å². The lowest BCUT2D eigenvalue weighted by Crippen LogP contribution is -2.37. The van der Waals surface area contributed by atoms with Gasteiger partial charge < -0.3 is 14.9 Å². The number of hydrogen-bond donors (Lipinski definition) is 2. The zero-order chi connectivity index (χ0) is 13.3. The maximum absolute atomic E-state index is 10.7. The Labute approximate surface area is 106 Å². The van der Waals surface area contributed by atoms with E-state index in [0.29, 0.717) is 6.42 Å². The summed E-state index contributed by atoms with van der Waals surface area (Å²) in [5, 5.41) is 18.3. The van der Waals surface area contributed by atoms with Gasteiger partial charge in [0, 0.05) is 6.42 Å². The first kappa shape index (κ1) is 12.7. The van der Waals surface area contributed by atoms with E-state index in [-0.39, 0.29) is 12.2 Å². The van der Waals surface area contributed by atoms with Crippen LogP contribution in [0.5, 0.6) is 11.5 Å². The minimum atomic E-state index is -0.798. The Hall–Kier alpha value is -1.71. The number of aryl methyl sites for hydroxylation is 2. The summed E-state index contributed by atoms with van der Waals surface area (Å²) < 4.78 is 5.98. The molecule has 0 aromatic heterocycles. The first-order chi connectivity index (χ1) is 8.39. The second kappa shape index (κ2) is 4.52. The fraction of sp³-hybridized carbons (Fsp3) is 0.500. The topological polar surface area (TPSA) is 66.8 Å². The molecule has 98 valence electrons. The predicted molar refractivity (Wildman–Crippen MR) is 67.1 cm³/mol. The summed E-state index contributed by atoms with van der Waals surface area (Å²) in [7, 11) is 0. The van der Waals surface area contributed by atoms with Crippen LogP contribution in [0.2, 0.25) is 0 Å². The van der Waals surface area contributed by atoms with Gasteiger partial charge in [0.1, 0.15) is 17.1 Å². The van der Waals surface area contributed by atoms with Gasteiger partial charge in [-0.1, -0.05) is 0 Å². The first-order valence-corrected chi connectivity index (χ1v) is 6.13. The molecule has 1 aromatic rings. The summed E-state index contributed by atoms with van der Waals surface area (Å²) in [4.78, 5) is 10.7. The largest absolute Gasteiger partial charge is 0.508 e. The van der Waals surface area contributed by atoms with E-state index in [1.54, 1.807) is 12.1 Å². The molecule has 1 aliphatic rings. The second-order valence-corrected chi connectivity index (χ2v) is 5.20. The van der Waals surface area contributed by atoms with Crippen LogP contribution in [0.1, 0.15) is 37.3 Å². The normalized spacial score (nSPS) is 22.1. The summed E-state index contributed by atoms with van der Waals surface area (Å²) in [5.74, 6) is 0.254. The molecule has 4 nitrogen and oxygen atoms in total. The van der Waals surface area contributed by atoms with Gasteiger partial charge in [-0.15, -0.1) is 0 Å². The number of carboxylic acid groups (broad SMARTS) is 1. The average Bonchev–Trinajstić information content (AvgIpc) is 2.28. The van der Waals surface area contributed by atoms with Crippen LogP contribution in [0.15, 0.2) is 12.1 Å². The van der Waals surface area contributed by atoms with Crippen molar-refractivity contribution in [2.45, 2.75) is 45.1 Å². The molecule has 0 amide bonds. The van der Waals surface area contributed by atoms with E-state index in [4.69, 9.17) is 9.84 Å². The molecule has 0 spiro atoms. The van der Waals surface area contributed by atoms with Gasteiger partial charge in [-0.3, -0.25) is 4.79 Å². The summed E-state index contributed by atoms with van der Waals surface area (Å²) in [6.07, 6.45) is 2.20. The zero-order valence-corrected chi connectivity index (χ0v) is 10.7. The molecule has 1 aliphatic heterocycles. The molecule has 0 fully saturated rings. The Kier molecular flexibility index (Phi) is 3.20. The smallest absolute Gasteiger partial charge is 0.303 e. The molecule has 0 radical (unpaired) electrons. The third-order valence-corrected chi connectivity index (χ3v) is 3.48. The van der Waals surface area contributed by atoms with Crippen molar-refractivity contribution in [3.05, 3.63) is 23.3 Å². The number of hydrogen-bond acceptors (Lipinski definition) is 3. The zero-order valence-electron chi connectivity index (χ0n) is 10.7. The minimum absolute atomic E-state index is 0.114. The lowest BCUT2D eigenvalue weighted by molar-refractivity contribution is -0.138. The fourth-order valence-electron chi connectivity index (χ4n) is 2.40. The highest BCUT2D eigenvalue weighted by molar-refractivity contribution is 5.66. The molecule has 1 unspecified atom stereocenters. The van der Waals surface area contributed by atoms with E-state index >= 15 is 0 Å². The van der Waals surface area contributed by atoms with Crippen LogP contribution >= 0.6 is 0 Å². The standard InChI is InChI=1S/C14H18O4/c1-9-7-11(15)8-10-3-5-14(2,18-13(9)10)6-4-12(16)17/h7-8,15H,3-6H2,1-2H3,(H,16,17). The van der Waals surface area contributed by atoms with Crippen molar-refractivity contribution < 1.29 is 19.7 Å². The van der Waals surface area contributed by atoms with Crippen LogP contribution in [-0.2, 0) is 11.2 Å². The number of benzene rings is 1. The quantitative estimate of drug-likeness (QED) is 0.865. The number of ether oxygens (including phenoxy) is 1. The molecule has 1 heterocycles. The van der Waals surface area contributed by atoms with Crippen molar-refractivity contribution in [3.8, 4) is 11.5 Å². The van der Waals surface area contributed by atoms with Crippen LogP contribution in [0.3, 0.4) is 0 Å². The summed E-state index contributed by atoms with van der Waals surface area (Å²) in [6, 6.07) is 3.39. The van der Waals surface area contributed by atoms with Gasteiger partial charge in [0.25, 0.3) is 0 Å². The molecular weight excluding hydrogens is 232 g/mol. The number of phenolic OH excluding ortho intramolecular Hbond substituents is 1. The summed E-state index contributed by atoms with van der Waals surface area (Å²) >= 11 is 0. The van der Waals surface area contributed by atoms with Gasteiger partial charge >= 0.3 is 5.97 Å². The molecule has 0 aliphatic carbocycles. The lowest BCUT2D eigenvalue weighted by Gasteiger charge is -2.36. The predicted octanol–water partition coefficient (Wildman–Crippen LogP) is 2.65. The summed E-state index contributed by atoms with van der Waals surface area (Å²) in [5.41, 5.74) is 1.47. The lowest BCUT2D eigenvalue weighted by atomic mass is 9.88. The maximum Gasteiger partial charge on any atom is 0.303 e. The maximum atomic E-state index is 10.7.